The first kappa shape index (κ1) is 14.6. The summed E-state index contributed by atoms with van der Waals surface area (Å²) in [5.74, 6) is 0.185. The van der Waals surface area contributed by atoms with E-state index in [4.69, 9.17) is 16.3 Å². The Morgan fingerprint density at radius 2 is 2.10 bits per heavy atom. The summed E-state index contributed by atoms with van der Waals surface area (Å²) in [5, 5.41) is 3.56. The molecule has 0 aliphatic carbocycles. The number of hydrogen-bond donors (Lipinski definition) is 1. The zero-order valence-corrected chi connectivity index (χ0v) is 12.3. The van der Waals surface area contributed by atoms with E-state index in [2.05, 4.69) is 10.3 Å². The molecule has 0 aliphatic heterocycles. The van der Waals surface area contributed by atoms with E-state index >= 15 is 0 Å². The standard InChI is InChI=1S/C15H16ClFN2O/c1-9-7-8-18-15(16)14(9)19-10(2)13-11(17)5-4-6-12(13)20-3/h4-8,10,19H,1-3H3. The quantitative estimate of drug-likeness (QED) is 0.851. The van der Waals surface area contributed by atoms with Crippen molar-refractivity contribution in [1.82, 2.24) is 4.98 Å². The first-order chi connectivity index (χ1) is 9.54. The molecule has 0 spiro atoms. The number of aromatic nitrogens is 1. The van der Waals surface area contributed by atoms with Crippen molar-refractivity contribution >= 4 is 17.3 Å². The summed E-state index contributed by atoms with van der Waals surface area (Å²) >= 11 is 6.08. The molecule has 1 unspecified atom stereocenters. The molecule has 0 saturated carbocycles. The molecule has 0 amide bonds. The normalized spacial score (nSPS) is 12.1. The number of benzene rings is 1. The monoisotopic (exact) mass is 294 g/mol. The lowest BCUT2D eigenvalue weighted by Crippen LogP contribution is -2.11. The number of nitrogens with one attached hydrogen (secondary N) is 1. The van der Waals surface area contributed by atoms with E-state index in [1.165, 1.54) is 13.2 Å². The van der Waals surface area contributed by atoms with Crippen molar-refractivity contribution in [2.24, 2.45) is 0 Å². The Balaban J connectivity index is 2.36. The molecular weight excluding hydrogens is 279 g/mol. The van der Waals surface area contributed by atoms with Crippen molar-refractivity contribution < 1.29 is 9.13 Å². The van der Waals surface area contributed by atoms with Gasteiger partial charge in [0, 0.05) is 6.20 Å². The van der Waals surface area contributed by atoms with Gasteiger partial charge in [0.05, 0.1) is 24.4 Å². The van der Waals surface area contributed by atoms with Crippen LogP contribution in [0.3, 0.4) is 0 Å². The van der Waals surface area contributed by atoms with Gasteiger partial charge < -0.3 is 10.1 Å². The minimum absolute atomic E-state index is 0.299. The maximum Gasteiger partial charge on any atom is 0.152 e. The maximum absolute atomic E-state index is 14.0. The van der Waals surface area contributed by atoms with Gasteiger partial charge in [0.15, 0.2) is 5.15 Å². The van der Waals surface area contributed by atoms with Gasteiger partial charge in [-0.3, -0.25) is 0 Å². The molecule has 1 N–H and O–H groups in total. The highest BCUT2D eigenvalue weighted by Crippen LogP contribution is 2.32. The van der Waals surface area contributed by atoms with Gasteiger partial charge in [-0.05, 0) is 37.6 Å². The number of ether oxygens (including phenoxy) is 1. The maximum atomic E-state index is 14.0. The van der Waals surface area contributed by atoms with E-state index in [1.54, 1.807) is 18.3 Å². The predicted octanol–water partition coefficient (Wildman–Crippen LogP) is 4.36. The van der Waals surface area contributed by atoms with E-state index < -0.39 is 0 Å². The summed E-state index contributed by atoms with van der Waals surface area (Å²) in [5.41, 5.74) is 2.12. The second-order valence-corrected chi connectivity index (χ2v) is 4.87. The summed E-state index contributed by atoms with van der Waals surface area (Å²) in [6.07, 6.45) is 1.64. The van der Waals surface area contributed by atoms with Crippen molar-refractivity contribution in [2.75, 3.05) is 12.4 Å². The molecule has 0 bridgehead atoms. The number of hydrogen-bond acceptors (Lipinski definition) is 3. The van der Waals surface area contributed by atoms with E-state index in [9.17, 15) is 4.39 Å². The van der Waals surface area contributed by atoms with Gasteiger partial charge >= 0.3 is 0 Å². The number of rotatable bonds is 4. The number of aryl methyl sites for hydroxylation is 1. The summed E-state index contributed by atoms with van der Waals surface area (Å²) < 4.78 is 19.2. The highest BCUT2D eigenvalue weighted by molar-refractivity contribution is 6.32. The summed E-state index contributed by atoms with van der Waals surface area (Å²) in [7, 11) is 1.52. The van der Waals surface area contributed by atoms with Crippen LogP contribution in [0.25, 0.3) is 0 Å². The Morgan fingerprint density at radius 1 is 1.35 bits per heavy atom. The molecule has 2 aromatic rings. The van der Waals surface area contributed by atoms with Gasteiger partial charge in [-0.25, -0.2) is 9.37 Å². The van der Waals surface area contributed by atoms with Crippen LogP contribution in [-0.4, -0.2) is 12.1 Å². The Morgan fingerprint density at radius 3 is 2.75 bits per heavy atom. The highest BCUT2D eigenvalue weighted by atomic mass is 35.5. The average molecular weight is 295 g/mol. The van der Waals surface area contributed by atoms with Gasteiger partial charge in [0.25, 0.3) is 0 Å². The molecular formula is C15H16ClFN2O. The molecule has 0 saturated heterocycles. The fourth-order valence-electron chi connectivity index (χ4n) is 2.10. The lowest BCUT2D eigenvalue weighted by Gasteiger charge is -2.20. The second-order valence-electron chi connectivity index (χ2n) is 4.52. The van der Waals surface area contributed by atoms with Crippen LogP contribution in [0.4, 0.5) is 10.1 Å². The largest absolute Gasteiger partial charge is 0.496 e. The molecule has 0 aliphatic rings. The molecule has 1 heterocycles. The van der Waals surface area contributed by atoms with Gasteiger partial charge in [0.2, 0.25) is 0 Å². The van der Waals surface area contributed by atoms with E-state index in [0.717, 1.165) is 5.56 Å². The van der Waals surface area contributed by atoms with Crippen molar-refractivity contribution in [1.29, 1.82) is 0 Å². The fourth-order valence-corrected chi connectivity index (χ4v) is 2.36. The Labute approximate surface area is 122 Å². The fraction of sp³-hybridized carbons (Fsp3) is 0.267. The highest BCUT2D eigenvalue weighted by Gasteiger charge is 2.18. The zero-order valence-electron chi connectivity index (χ0n) is 11.6. The number of anilines is 1. The molecule has 5 heteroatoms. The minimum atomic E-state index is -0.318. The molecule has 20 heavy (non-hydrogen) atoms. The van der Waals surface area contributed by atoms with Crippen LogP contribution in [0.15, 0.2) is 30.5 Å². The smallest absolute Gasteiger partial charge is 0.152 e. The van der Waals surface area contributed by atoms with Crippen LogP contribution in [0.2, 0.25) is 5.15 Å². The minimum Gasteiger partial charge on any atom is -0.496 e. The van der Waals surface area contributed by atoms with Crippen LogP contribution >= 0.6 is 11.6 Å². The third-order valence-electron chi connectivity index (χ3n) is 3.14. The third kappa shape index (κ3) is 2.85. The number of methoxy groups -OCH3 is 1. The van der Waals surface area contributed by atoms with E-state index in [1.807, 2.05) is 19.9 Å². The SMILES string of the molecule is COc1cccc(F)c1C(C)Nc1c(C)ccnc1Cl. The van der Waals surface area contributed by atoms with Crippen LogP contribution in [0.5, 0.6) is 5.75 Å². The Kier molecular flexibility index (Phi) is 4.45. The Bertz CT molecular complexity index is 599. The van der Waals surface area contributed by atoms with Gasteiger partial charge in [-0.1, -0.05) is 17.7 Å². The van der Waals surface area contributed by atoms with Crippen molar-refractivity contribution in [2.45, 2.75) is 19.9 Å². The van der Waals surface area contributed by atoms with Crippen LogP contribution in [0.1, 0.15) is 24.1 Å². The van der Waals surface area contributed by atoms with E-state index in [-0.39, 0.29) is 11.9 Å². The molecule has 1 aromatic carbocycles. The van der Waals surface area contributed by atoms with Crippen LogP contribution in [-0.2, 0) is 0 Å². The average Bonchev–Trinajstić information content (AvgIpc) is 2.42. The summed E-state index contributed by atoms with van der Waals surface area (Å²) in [6, 6.07) is 6.31. The predicted molar refractivity (Wildman–Crippen MR) is 79.0 cm³/mol. The number of halogens is 2. The number of pyridine rings is 1. The topological polar surface area (TPSA) is 34.1 Å². The van der Waals surface area contributed by atoms with Crippen molar-refractivity contribution in [3.05, 3.63) is 52.6 Å². The molecule has 1 atom stereocenters. The molecule has 2 rings (SSSR count). The van der Waals surface area contributed by atoms with Gasteiger partial charge in [-0.2, -0.15) is 0 Å². The first-order valence-corrected chi connectivity index (χ1v) is 6.62. The zero-order chi connectivity index (χ0) is 14.7. The second kappa shape index (κ2) is 6.09. The third-order valence-corrected chi connectivity index (χ3v) is 3.43. The van der Waals surface area contributed by atoms with Crippen molar-refractivity contribution in [3.63, 3.8) is 0 Å². The molecule has 0 radical (unpaired) electrons. The van der Waals surface area contributed by atoms with Crippen molar-refractivity contribution in [3.8, 4) is 5.75 Å². The lowest BCUT2D eigenvalue weighted by molar-refractivity contribution is 0.402. The first-order valence-electron chi connectivity index (χ1n) is 6.24. The molecule has 1 aromatic heterocycles. The Hall–Kier alpha value is -1.81. The van der Waals surface area contributed by atoms with Crippen LogP contribution in [0, 0.1) is 12.7 Å². The van der Waals surface area contributed by atoms with Crippen LogP contribution < -0.4 is 10.1 Å². The van der Waals surface area contributed by atoms with Gasteiger partial charge in [-0.15, -0.1) is 0 Å². The lowest BCUT2D eigenvalue weighted by atomic mass is 10.1. The van der Waals surface area contributed by atoms with E-state index in [0.29, 0.717) is 22.2 Å². The van der Waals surface area contributed by atoms with Gasteiger partial charge in [0.1, 0.15) is 11.6 Å². The molecule has 3 nitrogen and oxygen atoms in total. The number of nitrogens with zero attached hydrogens (tertiary/aromatic N) is 1. The summed E-state index contributed by atoms with van der Waals surface area (Å²) in [4.78, 5) is 4.03. The molecule has 106 valence electrons. The molecule has 0 fully saturated rings. The summed E-state index contributed by atoms with van der Waals surface area (Å²) in [6.45, 7) is 3.77.